The molecule has 1 N–H and O–H groups in total. The van der Waals surface area contributed by atoms with E-state index < -0.39 is 27.0 Å². The molecule has 1 aliphatic rings. The van der Waals surface area contributed by atoms with Crippen molar-refractivity contribution in [1.82, 2.24) is 10.2 Å². The van der Waals surface area contributed by atoms with Gasteiger partial charge in [0.05, 0.1) is 11.6 Å². The summed E-state index contributed by atoms with van der Waals surface area (Å²) in [7, 11) is -4.47. The van der Waals surface area contributed by atoms with Crippen molar-refractivity contribution < 1.29 is 22.4 Å². The van der Waals surface area contributed by atoms with Gasteiger partial charge in [-0.3, -0.25) is 4.31 Å². The number of H-pyrrole nitrogens is 1. The summed E-state index contributed by atoms with van der Waals surface area (Å²) in [4.78, 5) is 23.7. The van der Waals surface area contributed by atoms with Crippen LogP contribution in [0.5, 0.6) is 0 Å². The minimum absolute atomic E-state index is 0.0855. The number of fused-ring (bicyclic) bond motifs is 1. The predicted molar refractivity (Wildman–Crippen MR) is 103 cm³/mol. The van der Waals surface area contributed by atoms with Crippen LogP contribution in [0, 0.1) is 0 Å². The largest absolute Gasteiger partial charge is 0.448 e. The number of hydrogen-bond donors (Lipinski definition) is 1. The van der Waals surface area contributed by atoms with E-state index in [2.05, 4.69) is 10.2 Å². The number of para-hydroxylation sites is 1. The molecule has 0 saturated heterocycles. The van der Waals surface area contributed by atoms with Crippen LogP contribution in [0.1, 0.15) is 22.9 Å². The van der Waals surface area contributed by atoms with Crippen LogP contribution in [-0.4, -0.2) is 30.5 Å². The van der Waals surface area contributed by atoms with Crippen LogP contribution in [0.15, 0.2) is 63.8 Å². The maximum atomic E-state index is 13.0. The first-order valence-electron chi connectivity index (χ1n) is 8.82. The molecule has 29 heavy (non-hydrogen) atoms. The molecule has 150 valence electrons. The second kappa shape index (κ2) is 7.55. The van der Waals surface area contributed by atoms with Crippen molar-refractivity contribution in [3.8, 4) is 0 Å². The molecule has 1 aliphatic heterocycles. The number of benzene rings is 2. The summed E-state index contributed by atoms with van der Waals surface area (Å²) in [5.74, 6) is -1.17. The van der Waals surface area contributed by atoms with E-state index in [0.717, 1.165) is 4.31 Å². The van der Waals surface area contributed by atoms with Gasteiger partial charge in [0.15, 0.2) is 0 Å². The van der Waals surface area contributed by atoms with E-state index in [-0.39, 0.29) is 19.0 Å². The third-order valence-corrected chi connectivity index (χ3v) is 6.08. The Labute approximate surface area is 166 Å². The van der Waals surface area contributed by atoms with Crippen LogP contribution in [0.2, 0.25) is 0 Å². The topological polar surface area (TPSA) is 123 Å². The fraction of sp³-hybridized carbons (Fsp3) is 0.211. The molecular formula is C19H17N3O6S. The summed E-state index contributed by atoms with van der Waals surface area (Å²) in [6, 6.07) is 15.6. The fourth-order valence-electron chi connectivity index (χ4n) is 3.25. The molecule has 4 rings (SSSR count). The lowest BCUT2D eigenvalue weighted by atomic mass is 9.94. The molecule has 1 aromatic heterocycles. The molecule has 2 aromatic carbocycles. The minimum Gasteiger partial charge on any atom is -0.448 e. The lowest BCUT2D eigenvalue weighted by Gasteiger charge is -2.32. The highest BCUT2D eigenvalue weighted by Crippen LogP contribution is 2.35. The molecule has 10 heteroatoms. The van der Waals surface area contributed by atoms with Gasteiger partial charge in [-0.1, -0.05) is 48.5 Å². The number of hydrogen-bond acceptors (Lipinski definition) is 7. The van der Waals surface area contributed by atoms with Crippen LogP contribution < -0.4 is 10.1 Å². The molecule has 0 saturated carbocycles. The lowest BCUT2D eigenvalue weighted by molar-refractivity contribution is 0.165. The molecule has 0 amide bonds. The molecule has 9 nitrogen and oxygen atoms in total. The van der Waals surface area contributed by atoms with Crippen LogP contribution >= 0.6 is 0 Å². The van der Waals surface area contributed by atoms with E-state index in [0.29, 0.717) is 23.2 Å². The molecular weight excluding hydrogens is 398 g/mol. The molecule has 0 unspecified atom stereocenters. The molecule has 0 fully saturated rings. The second-order valence-corrected chi connectivity index (χ2v) is 8.27. The molecule has 0 spiro atoms. The van der Waals surface area contributed by atoms with Crippen molar-refractivity contribution in [3.05, 3.63) is 82.2 Å². The minimum atomic E-state index is -4.47. The second-order valence-electron chi connectivity index (χ2n) is 6.54. The van der Waals surface area contributed by atoms with E-state index in [1.807, 2.05) is 0 Å². The number of aromatic nitrogens is 2. The third-order valence-electron chi connectivity index (χ3n) is 4.62. The van der Waals surface area contributed by atoms with Crippen LogP contribution in [0.25, 0.3) is 0 Å². The molecule has 1 atom stereocenters. The van der Waals surface area contributed by atoms with Gasteiger partial charge in [-0.25, -0.2) is 14.7 Å². The number of sulfonamides is 1. The van der Waals surface area contributed by atoms with E-state index >= 15 is 0 Å². The summed E-state index contributed by atoms with van der Waals surface area (Å²) >= 11 is 0. The standard InChI is InChI=1S/C19H17N3O6S/c23-18-21-20-17(28-18)15-10-14-8-4-5-9-16(14)22(11-15)29(25,26)19(24)27-12-13-6-2-1-3-7-13/h1-9,15H,10-12H2,(H,21,23)/t15-/m1/s1. The van der Waals surface area contributed by atoms with E-state index in [1.165, 1.54) is 0 Å². The monoisotopic (exact) mass is 415 g/mol. The third kappa shape index (κ3) is 3.79. The average Bonchev–Trinajstić information content (AvgIpc) is 3.18. The van der Waals surface area contributed by atoms with E-state index in [1.54, 1.807) is 54.6 Å². The summed E-state index contributed by atoms with van der Waals surface area (Å²) < 4.78 is 37.0. The highest BCUT2D eigenvalue weighted by molar-refractivity contribution is 8.06. The van der Waals surface area contributed by atoms with Crippen molar-refractivity contribution in [2.45, 2.75) is 18.9 Å². The van der Waals surface area contributed by atoms with Gasteiger partial charge in [-0.05, 0) is 23.6 Å². The number of ether oxygens (including phenoxy) is 1. The Balaban J connectivity index is 1.62. The summed E-state index contributed by atoms with van der Waals surface area (Å²) in [6.07, 6.45) is 0.412. The van der Waals surface area contributed by atoms with Crippen molar-refractivity contribution in [2.75, 3.05) is 10.8 Å². The average molecular weight is 415 g/mol. The number of aromatic amines is 1. The van der Waals surface area contributed by atoms with Gasteiger partial charge in [-0.2, -0.15) is 8.42 Å². The number of nitrogens with one attached hydrogen (secondary N) is 1. The van der Waals surface area contributed by atoms with E-state index in [4.69, 9.17) is 9.15 Å². The number of carbonyl (C=O) groups excluding carboxylic acids is 1. The maximum Gasteiger partial charge on any atom is 0.445 e. The fourth-order valence-corrected chi connectivity index (χ4v) is 4.45. The molecule has 0 bridgehead atoms. The number of nitrogens with zero attached hydrogens (tertiary/aromatic N) is 2. The Morgan fingerprint density at radius 3 is 2.62 bits per heavy atom. The lowest BCUT2D eigenvalue weighted by Crippen LogP contribution is -2.42. The number of anilines is 1. The SMILES string of the molecule is O=C(OCc1ccccc1)S(=O)(=O)N1C[C@H](c2n[nH]c(=O)o2)Cc2ccccc21. The highest BCUT2D eigenvalue weighted by atomic mass is 32.2. The highest BCUT2D eigenvalue weighted by Gasteiger charge is 2.39. The van der Waals surface area contributed by atoms with Crippen molar-refractivity contribution in [1.29, 1.82) is 0 Å². The number of rotatable bonds is 4. The van der Waals surface area contributed by atoms with Gasteiger partial charge in [0.1, 0.15) is 6.61 Å². The van der Waals surface area contributed by atoms with E-state index in [9.17, 15) is 18.0 Å². The van der Waals surface area contributed by atoms with Crippen LogP contribution in [0.4, 0.5) is 10.5 Å². The van der Waals surface area contributed by atoms with Gasteiger partial charge in [0.25, 0.3) is 0 Å². The van der Waals surface area contributed by atoms with Gasteiger partial charge >= 0.3 is 21.1 Å². The first kappa shape index (κ1) is 18.9. The molecule has 0 radical (unpaired) electrons. The van der Waals surface area contributed by atoms with Crippen molar-refractivity contribution in [2.24, 2.45) is 0 Å². The van der Waals surface area contributed by atoms with Gasteiger partial charge in [0.2, 0.25) is 5.89 Å². The summed E-state index contributed by atoms with van der Waals surface area (Å²) in [5, 5.41) is 4.63. The van der Waals surface area contributed by atoms with Gasteiger partial charge in [0, 0.05) is 6.54 Å². The van der Waals surface area contributed by atoms with Crippen LogP contribution in [0.3, 0.4) is 0 Å². The molecule has 0 aliphatic carbocycles. The Hall–Kier alpha value is -3.40. The Morgan fingerprint density at radius 2 is 1.90 bits per heavy atom. The summed E-state index contributed by atoms with van der Waals surface area (Å²) in [6.45, 7) is -0.264. The molecule has 2 heterocycles. The summed E-state index contributed by atoms with van der Waals surface area (Å²) in [5.41, 5.74) is 1.75. The van der Waals surface area contributed by atoms with Crippen molar-refractivity contribution in [3.63, 3.8) is 0 Å². The van der Waals surface area contributed by atoms with Crippen molar-refractivity contribution >= 4 is 21.0 Å². The first-order valence-corrected chi connectivity index (χ1v) is 10.3. The Kier molecular flexibility index (Phi) is 4.93. The maximum absolute atomic E-state index is 13.0. The zero-order valence-electron chi connectivity index (χ0n) is 15.1. The Bertz CT molecular complexity index is 1190. The zero-order valence-corrected chi connectivity index (χ0v) is 16.0. The quantitative estimate of drug-likeness (QED) is 0.648. The van der Waals surface area contributed by atoms with Gasteiger partial charge < -0.3 is 9.15 Å². The van der Waals surface area contributed by atoms with Gasteiger partial charge in [-0.15, -0.1) is 5.10 Å². The smallest absolute Gasteiger partial charge is 0.445 e. The molecule has 3 aromatic rings. The normalized spacial score (nSPS) is 16.3. The predicted octanol–water partition coefficient (Wildman–Crippen LogP) is 2.18. The number of carbonyl (C=O) groups is 1. The first-order chi connectivity index (χ1) is 13.9. The zero-order chi connectivity index (χ0) is 20.4. The Morgan fingerprint density at radius 1 is 1.17 bits per heavy atom. The van der Waals surface area contributed by atoms with Crippen LogP contribution in [-0.2, 0) is 27.8 Å².